The number of alkyl halides is 3. The maximum atomic E-state index is 10.7. The summed E-state index contributed by atoms with van der Waals surface area (Å²) < 4.78 is 63.5. The molecule has 31 heavy (non-hydrogen) atoms. The molecule has 4 rings (SSSR count). The Morgan fingerprint density at radius 1 is 1.23 bits per heavy atom. The van der Waals surface area contributed by atoms with E-state index in [2.05, 4.69) is 50.2 Å². The Bertz CT molecular complexity index is 1180. The number of aromatic nitrogens is 1. The van der Waals surface area contributed by atoms with Crippen molar-refractivity contribution in [3.8, 4) is 17.0 Å². The van der Waals surface area contributed by atoms with Gasteiger partial charge in [-0.1, -0.05) is 31.5 Å². The largest absolute Gasteiger partial charge is 0.522 e. The fourth-order valence-corrected chi connectivity index (χ4v) is 3.11. The topological polar surface area (TPSA) is 76.5 Å². The van der Waals surface area contributed by atoms with Crippen molar-refractivity contribution < 1.29 is 51.0 Å². The molecule has 1 aliphatic heterocycles. The van der Waals surface area contributed by atoms with Crippen LogP contribution in [0, 0.1) is 12.0 Å². The van der Waals surface area contributed by atoms with Crippen molar-refractivity contribution in [2.24, 2.45) is 5.92 Å². The number of hydrogen-bond donors (Lipinski definition) is 1. The van der Waals surface area contributed by atoms with Gasteiger partial charge in [0.25, 0.3) is 0 Å². The molecule has 0 saturated carbocycles. The van der Waals surface area contributed by atoms with Crippen molar-refractivity contribution in [1.29, 1.82) is 0 Å². The second-order valence-corrected chi connectivity index (χ2v) is 8.61. The fourth-order valence-electron chi connectivity index (χ4n) is 3.11. The van der Waals surface area contributed by atoms with Gasteiger partial charge in [0.15, 0.2) is 0 Å². The smallest absolute Gasteiger partial charge is 0.506 e. The van der Waals surface area contributed by atoms with E-state index in [9.17, 15) is 13.2 Å². The van der Waals surface area contributed by atoms with E-state index in [-0.39, 0.29) is 20.1 Å². The number of hydrogen-bond acceptors (Lipinski definition) is 4. The summed E-state index contributed by atoms with van der Waals surface area (Å²) in [5.41, 5.74) is -0.0246. The zero-order valence-electron chi connectivity index (χ0n) is 16.5. The van der Waals surface area contributed by atoms with Gasteiger partial charge in [-0.2, -0.15) is 21.6 Å². The van der Waals surface area contributed by atoms with Crippen molar-refractivity contribution in [2.45, 2.75) is 32.4 Å². The normalized spacial score (nSPS) is 12.7. The number of pyridine rings is 1. The Morgan fingerprint density at radius 3 is 2.52 bits per heavy atom. The van der Waals surface area contributed by atoms with Crippen LogP contribution in [0.25, 0.3) is 22.2 Å². The van der Waals surface area contributed by atoms with Crippen LogP contribution in [0.3, 0.4) is 0 Å². The summed E-state index contributed by atoms with van der Waals surface area (Å²) in [4.78, 5) is 4.87. The Balaban J connectivity index is 0.000000329. The molecule has 10 heteroatoms. The molecule has 0 aliphatic carbocycles. The van der Waals surface area contributed by atoms with E-state index in [1.54, 1.807) is 0 Å². The second-order valence-electron chi connectivity index (χ2n) is 7.20. The molecule has 169 valence electrons. The Labute approximate surface area is 191 Å². The molecule has 1 aliphatic rings. The molecule has 3 aromatic rings. The zero-order valence-corrected chi connectivity index (χ0v) is 19.7. The van der Waals surface area contributed by atoms with Gasteiger partial charge >= 0.3 is 15.6 Å². The number of rotatable bonds is 2. The van der Waals surface area contributed by atoms with Gasteiger partial charge in [-0.3, -0.25) is 9.54 Å². The first-order valence-electron chi connectivity index (χ1n) is 9.06. The molecule has 0 saturated heterocycles. The van der Waals surface area contributed by atoms with Crippen LogP contribution in [-0.2, 0) is 43.3 Å². The minimum atomic E-state index is -5.84. The van der Waals surface area contributed by atoms with E-state index in [0.717, 1.165) is 34.5 Å². The third-order valence-electron chi connectivity index (χ3n) is 4.40. The Hall–Kier alpha value is -2.00. The standard InChI is InChI=1S/C20H18NO.CHF3O3S.Ir/c1-13(2)10-14-7-5-9-18-17(14)11-19-20(21-18)16-8-4-3-6-15(16)12-22-19;2-1(3,4)8(5,6)7;/h3-7,9,11,13H,10,12H2,1-2H3;(H,5,6,7);/q-1;;. The van der Waals surface area contributed by atoms with Gasteiger partial charge < -0.3 is 4.74 Å². The number of benzene rings is 2. The summed E-state index contributed by atoms with van der Waals surface area (Å²) in [5.74, 6) is 1.50. The van der Waals surface area contributed by atoms with Crippen molar-refractivity contribution in [3.05, 3.63) is 59.7 Å². The number of ether oxygens (including phenoxy) is 1. The van der Waals surface area contributed by atoms with Crippen molar-refractivity contribution >= 4 is 21.0 Å². The summed E-state index contributed by atoms with van der Waals surface area (Å²) >= 11 is 0. The molecule has 0 unspecified atom stereocenters. The summed E-state index contributed by atoms with van der Waals surface area (Å²) in [6, 6.07) is 17.8. The van der Waals surface area contributed by atoms with Crippen molar-refractivity contribution in [3.63, 3.8) is 0 Å². The van der Waals surface area contributed by atoms with Gasteiger partial charge in [0.2, 0.25) is 0 Å². The minimum Gasteiger partial charge on any atom is -0.506 e. The van der Waals surface area contributed by atoms with Gasteiger partial charge in [0, 0.05) is 31.2 Å². The van der Waals surface area contributed by atoms with E-state index in [1.165, 1.54) is 10.9 Å². The molecule has 0 atom stereocenters. The van der Waals surface area contributed by atoms with Crippen LogP contribution in [0.1, 0.15) is 25.0 Å². The first-order valence-corrected chi connectivity index (χ1v) is 10.5. The van der Waals surface area contributed by atoms with E-state index in [4.69, 9.17) is 22.7 Å². The molecule has 0 bridgehead atoms. The predicted molar refractivity (Wildman–Crippen MR) is 106 cm³/mol. The molecule has 0 fully saturated rings. The summed E-state index contributed by atoms with van der Waals surface area (Å²) in [5, 5.41) is 1.20. The summed E-state index contributed by atoms with van der Waals surface area (Å²) in [6.45, 7) is 5.08. The van der Waals surface area contributed by atoms with E-state index in [0.29, 0.717) is 12.5 Å². The van der Waals surface area contributed by atoms with Gasteiger partial charge in [-0.05, 0) is 30.0 Å². The molecule has 5 nitrogen and oxygen atoms in total. The van der Waals surface area contributed by atoms with Crippen LogP contribution in [-0.4, -0.2) is 23.5 Å². The van der Waals surface area contributed by atoms with Crippen LogP contribution >= 0.6 is 0 Å². The second kappa shape index (κ2) is 9.65. The van der Waals surface area contributed by atoms with Crippen LogP contribution in [0.15, 0.2) is 42.5 Å². The number of nitrogens with zero attached hydrogens (tertiary/aromatic N) is 1. The van der Waals surface area contributed by atoms with E-state index >= 15 is 0 Å². The molecule has 0 spiro atoms. The van der Waals surface area contributed by atoms with Gasteiger partial charge in [0.1, 0.15) is 5.75 Å². The number of fused-ring (bicyclic) bond motifs is 4. The molecule has 1 N–H and O–H groups in total. The third-order valence-corrected chi connectivity index (χ3v) is 4.98. The average molecular weight is 631 g/mol. The molecular formula is C21H19F3IrNO4S-. The third kappa shape index (κ3) is 5.83. The van der Waals surface area contributed by atoms with Gasteiger partial charge in [-0.25, -0.2) is 0 Å². The molecule has 1 radical (unpaired) electrons. The predicted octanol–water partition coefficient (Wildman–Crippen LogP) is 5.18. The van der Waals surface area contributed by atoms with Crippen LogP contribution < -0.4 is 4.74 Å². The van der Waals surface area contributed by atoms with Gasteiger partial charge in [0.05, 0.1) is 12.1 Å². The molecule has 2 aromatic carbocycles. The molecule has 2 heterocycles. The summed E-state index contributed by atoms with van der Waals surface area (Å²) in [7, 11) is -5.84. The number of halogens is 3. The molecule has 0 amide bonds. The fraction of sp³-hybridized carbons (Fsp3) is 0.286. The SMILES string of the molecule is CC(C)Cc1cccc2nc3c(cc12)OCc1ccc[c-]c1-3.O=S(=O)(O)C(F)(F)F.[Ir]. The van der Waals surface area contributed by atoms with E-state index < -0.39 is 15.6 Å². The molecular weight excluding hydrogens is 612 g/mol. The van der Waals surface area contributed by atoms with E-state index in [1.807, 2.05) is 12.1 Å². The molecule has 1 aromatic heterocycles. The van der Waals surface area contributed by atoms with Crippen LogP contribution in [0.5, 0.6) is 5.75 Å². The van der Waals surface area contributed by atoms with Gasteiger partial charge in [-0.15, -0.1) is 29.8 Å². The van der Waals surface area contributed by atoms with Crippen molar-refractivity contribution in [1.82, 2.24) is 4.98 Å². The zero-order chi connectivity index (χ0) is 22.1. The Kier molecular flexibility index (Phi) is 7.86. The monoisotopic (exact) mass is 631 g/mol. The first kappa shape index (κ1) is 25.3. The van der Waals surface area contributed by atoms with Crippen molar-refractivity contribution in [2.75, 3.05) is 0 Å². The minimum absolute atomic E-state index is 0. The van der Waals surface area contributed by atoms with Crippen LogP contribution in [0.4, 0.5) is 13.2 Å². The maximum Gasteiger partial charge on any atom is 0.522 e. The maximum absolute atomic E-state index is 10.7. The Morgan fingerprint density at radius 2 is 1.90 bits per heavy atom. The first-order chi connectivity index (χ1) is 14.0. The van der Waals surface area contributed by atoms with Crippen LogP contribution in [0.2, 0.25) is 0 Å². The summed E-state index contributed by atoms with van der Waals surface area (Å²) in [6.07, 6.45) is 1.06. The average Bonchev–Trinajstić information content (AvgIpc) is 2.65. The quantitative estimate of drug-likeness (QED) is 0.240.